The van der Waals surface area contributed by atoms with Crippen molar-refractivity contribution in [1.29, 1.82) is 0 Å². The summed E-state index contributed by atoms with van der Waals surface area (Å²) in [6.07, 6.45) is 6.70. The van der Waals surface area contributed by atoms with Crippen LogP contribution in [0.4, 0.5) is 5.69 Å². The molecule has 5 nitrogen and oxygen atoms in total. The van der Waals surface area contributed by atoms with Gasteiger partial charge in [-0.15, -0.1) is 0 Å². The predicted octanol–water partition coefficient (Wildman–Crippen LogP) is 5.32. The zero-order valence-corrected chi connectivity index (χ0v) is 19.9. The van der Waals surface area contributed by atoms with Crippen molar-refractivity contribution in [2.24, 2.45) is 4.99 Å². The lowest BCUT2D eigenvalue weighted by Crippen LogP contribution is -2.55. The number of nitrogens with one attached hydrogen (secondary N) is 1. The number of piperazine rings is 1. The van der Waals surface area contributed by atoms with Crippen LogP contribution in [-0.4, -0.2) is 53.9 Å². The summed E-state index contributed by atoms with van der Waals surface area (Å²) in [5.74, 6) is 0.456. The number of hydrogen-bond donors (Lipinski definition) is 1. The Labute approximate surface area is 196 Å². The molecule has 0 atom stereocenters. The summed E-state index contributed by atoms with van der Waals surface area (Å²) in [4.78, 5) is 22.7. The second kappa shape index (κ2) is 10.5. The second-order valence-electron chi connectivity index (χ2n) is 9.06. The molecule has 1 heterocycles. The molecule has 0 radical (unpaired) electrons. The molecule has 1 saturated heterocycles. The summed E-state index contributed by atoms with van der Waals surface area (Å²) < 4.78 is 0. The molecule has 1 N–H and O–H groups in total. The molecule has 170 valence electrons. The summed E-state index contributed by atoms with van der Waals surface area (Å²) in [6.45, 7) is 7.88. The van der Waals surface area contributed by atoms with Crippen molar-refractivity contribution in [1.82, 2.24) is 15.1 Å². The molecule has 1 aliphatic heterocycles. The Morgan fingerprint density at radius 3 is 2.19 bits per heavy atom. The van der Waals surface area contributed by atoms with Gasteiger partial charge in [0.1, 0.15) is 0 Å². The molecule has 6 heteroatoms. The van der Waals surface area contributed by atoms with Gasteiger partial charge in [0.05, 0.1) is 5.69 Å². The fraction of sp³-hybridized carbons (Fsp3) is 0.462. The molecule has 0 aromatic heterocycles. The van der Waals surface area contributed by atoms with Gasteiger partial charge in [-0.25, -0.2) is 4.99 Å². The summed E-state index contributed by atoms with van der Waals surface area (Å²) in [5, 5.41) is 3.69. The van der Waals surface area contributed by atoms with Crippen molar-refractivity contribution >= 4 is 29.2 Å². The van der Waals surface area contributed by atoms with Gasteiger partial charge < -0.3 is 4.90 Å². The van der Waals surface area contributed by atoms with Gasteiger partial charge in [-0.3, -0.25) is 15.0 Å². The van der Waals surface area contributed by atoms with Gasteiger partial charge in [0, 0.05) is 42.8 Å². The third-order valence-corrected chi connectivity index (χ3v) is 6.73. The lowest BCUT2D eigenvalue weighted by Gasteiger charge is -2.41. The number of carbonyl (C=O) groups excluding carboxylic acids is 1. The van der Waals surface area contributed by atoms with E-state index < -0.39 is 0 Å². The molecule has 2 aliphatic rings. The fourth-order valence-electron chi connectivity index (χ4n) is 4.84. The van der Waals surface area contributed by atoms with E-state index in [4.69, 9.17) is 16.6 Å². The number of rotatable bonds is 3. The van der Waals surface area contributed by atoms with Gasteiger partial charge >= 0.3 is 0 Å². The molecule has 2 aromatic rings. The Morgan fingerprint density at radius 2 is 1.56 bits per heavy atom. The molecule has 32 heavy (non-hydrogen) atoms. The van der Waals surface area contributed by atoms with Crippen molar-refractivity contribution in [3.8, 4) is 0 Å². The molecule has 4 rings (SSSR count). The average Bonchev–Trinajstić information content (AvgIpc) is 2.79. The smallest absolute Gasteiger partial charge is 0.257 e. The SMILES string of the molecule is Cc1cc(C)cc(N=C(NC(=O)c2ccc(Cl)cc2)N2CCN(C3CCCCC3)CC2)c1. The van der Waals surface area contributed by atoms with Crippen molar-refractivity contribution in [3.63, 3.8) is 0 Å². The van der Waals surface area contributed by atoms with Crippen LogP contribution in [0.25, 0.3) is 0 Å². The van der Waals surface area contributed by atoms with Crippen LogP contribution in [0.1, 0.15) is 53.6 Å². The van der Waals surface area contributed by atoms with E-state index in [0.717, 1.165) is 49.0 Å². The lowest BCUT2D eigenvalue weighted by molar-refractivity contribution is 0.0943. The quantitative estimate of drug-likeness (QED) is 0.506. The largest absolute Gasteiger partial charge is 0.340 e. The molecular formula is C26H33ClN4O. The molecule has 2 fully saturated rings. The molecule has 1 amide bonds. The number of guanidine groups is 1. The predicted molar refractivity (Wildman–Crippen MR) is 132 cm³/mol. The van der Waals surface area contributed by atoms with Crippen LogP contribution >= 0.6 is 11.6 Å². The Bertz CT molecular complexity index is 938. The number of carbonyl (C=O) groups is 1. The Kier molecular flexibility index (Phi) is 7.48. The highest BCUT2D eigenvalue weighted by Gasteiger charge is 2.27. The standard InChI is InChI=1S/C26H33ClN4O/c1-19-16-20(2)18-23(17-19)28-26(29-25(32)21-8-10-22(27)11-9-21)31-14-12-30(13-15-31)24-6-4-3-5-7-24/h8-11,16-18,24H,3-7,12-15H2,1-2H3,(H,28,29,32). The zero-order chi connectivity index (χ0) is 22.5. The van der Waals surface area contributed by atoms with Gasteiger partial charge in [0.25, 0.3) is 5.91 Å². The molecule has 1 saturated carbocycles. The maximum absolute atomic E-state index is 13.0. The summed E-state index contributed by atoms with van der Waals surface area (Å²) in [6, 6.07) is 13.9. The number of benzene rings is 2. The lowest BCUT2D eigenvalue weighted by atomic mass is 9.94. The van der Waals surface area contributed by atoms with Crippen LogP contribution in [0.3, 0.4) is 0 Å². The van der Waals surface area contributed by atoms with E-state index in [-0.39, 0.29) is 5.91 Å². The molecule has 0 bridgehead atoms. The van der Waals surface area contributed by atoms with E-state index in [1.165, 1.54) is 32.1 Å². The molecule has 0 unspecified atom stereocenters. The van der Waals surface area contributed by atoms with E-state index in [0.29, 0.717) is 16.5 Å². The first kappa shape index (κ1) is 22.8. The van der Waals surface area contributed by atoms with Crippen LogP contribution in [-0.2, 0) is 0 Å². The highest BCUT2D eigenvalue weighted by atomic mass is 35.5. The van der Waals surface area contributed by atoms with E-state index in [1.807, 2.05) is 0 Å². The number of hydrogen-bond acceptors (Lipinski definition) is 3. The van der Waals surface area contributed by atoms with Gasteiger partial charge in [-0.05, 0) is 74.2 Å². The fourth-order valence-corrected chi connectivity index (χ4v) is 4.96. The molecular weight excluding hydrogens is 420 g/mol. The highest BCUT2D eigenvalue weighted by molar-refractivity contribution is 6.30. The van der Waals surface area contributed by atoms with Crippen LogP contribution in [0, 0.1) is 13.8 Å². The van der Waals surface area contributed by atoms with Crippen molar-refractivity contribution in [3.05, 3.63) is 64.2 Å². The number of halogens is 1. The normalized spacial score (nSPS) is 18.6. The number of aryl methyl sites for hydroxylation is 2. The van der Waals surface area contributed by atoms with E-state index in [2.05, 4.69) is 47.2 Å². The first-order valence-electron chi connectivity index (χ1n) is 11.7. The maximum Gasteiger partial charge on any atom is 0.257 e. The molecule has 1 aliphatic carbocycles. The highest BCUT2D eigenvalue weighted by Crippen LogP contribution is 2.24. The van der Waals surface area contributed by atoms with Crippen molar-refractivity contribution in [2.75, 3.05) is 26.2 Å². The van der Waals surface area contributed by atoms with Crippen molar-refractivity contribution in [2.45, 2.75) is 52.0 Å². The third kappa shape index (κ3) is 5.90. The Hall–Kier alpha value is -2.37. The first-order chi connectivity index (χ1) is 15.5. The summed E-state index contributed by atoms with van der Waals surface area (Å²) in [7, 11) is 0. The van der Waals surface area contributed by atoms with Crippen LogP contribution in [0.5, 0.6) is 0 Å². The van der Waals surface area contributed by atoms with Gasteiger partial charge in [0.15, 0.2) is 0 Å². The number of aliphatic imine (C=N–C) groups is 1. The van der Waals surface area contributed by atoms with Crippen LogP contribution in [0.2, 0.25) is 5.02 Å². The zero-order valence-electron chi connectivity index (χ0n) is 19.1. The number of amides is 1. The third-order valence-electron chi connectivity index (χ3n) is 6.48. The maximum atomic E-state index is 13.0. The second-order valence-corrected chi connectivity index (χ2v) is 9.49. The minimum Gasteiger partial charge on any atom is -0.340 e. The minimum atomic E-state index is -0.167. The Morgan fingerprint density at radius 1 is 0.938 bits per heavy atom. The summed E-state index contributed by atoms with van der Waals surface area (Å²) >= 11 is 5.99. The monoisotopic (exact) mass is 452 g/mol. The van der Waals surface area contributed by atoms with Gasteiger partial charge in [0.2, 0.25) is 5.96 Å². The Balaban J connectivity index is 1.52. The van der Waals surface area contributed by atoms with E-state index >= 15 is 0 Å². The molecule has 2 aromatic carbocycles. The number of nitrogens with zero attached hydrogens (tertiary/aromatic N) is 3. The summed E-state index contributed by atoms with van der Waals surface area (Å²) in [5.41, 5.74) is 3.76. The minimum absolute atomic E-state index is 0.167. The van der Waals surface area contributed by atoms with Gasteiger partial charge in [-0.1, -0.05) is 36.9 Å². The van der Waals surface area contributed by atoms with Crippen LogP contribution < -0.4 is 5.32 Å². The van der Waals surface area contributed by atoms with Crippen molar-refractivity contribution < 1.29 is 4.79 Å². The average molecular weight is 453 g/mol. The molecule has 0 spiro atoms. The van der Waals surface area contributed by atoms with Crippen LogP contribution in [0.15, 0.2) is 47.5 Å². The first-order valence-corrected chi connectivity index (χ1v) is 12.1. The van der Waals surface area contributed by atoms with E-state index in [9.17, 15) is 4.79 Å². The topological polar surface area (TPSA) is 47.9 Å². The van der Waals surface area contributed by atoms with Gasteiger partial charge in [-0.2, -0.15) is 0 Å². The van der Waals surface area contributed by atoms with E-state index in [1.54, 1.807) is 24.3 Å².